The first-order valence-corrected chi connectivity index (χ1v) is 11.3. The second-order valence-corrected chi connectivity index (χ2v) is 8.56. The Labute approximate surface area is 186 Å². The van der Waals surface area contributed by atoms with Crippen molar-refractivity contribution in [2.75, 3.05) is 0 Å². The Bertz CT molecular complexity index is 1070. The van der Waals surface area contributed by atoms with Gasteiger partial charge in [0, 0.05) is 12.4 Å². The van der Waals surface area contributed by atoms with Crippen molar-refractivity contribution in [3.8, 4) is 0 Å². The van der Waals surface area contributed by atoms with Gasteiger partial charge in [0.1, 0.15) is 0 Å². The van der Waals surface area contributed by atoms with Gasteiger partial charge in [0.2, 0.25) is 0 Å². The first kappa shape index (κ1) is 21.8. The quantitative estimate of drug-likeness (QED) is 0.393. The van der Waals surface area contributed by atoms with E-state index >= 15 is 0 Å². The van der Waals surface area contributed by atoms with E-state index in [4.69, 9.17) is 0 Å². The van der Waals surface area contributed by atoms with Crippen molar-refractivity contribution < 1.29 is 1.43 Å². The van der Waals surface area contributed by atoms with Crippen LogP contribution in [0.5, 0.6) is 0 Å². The highest BCUT2D eigenvalue weighted by molar-refractivity contribution is 7.09. The number of thiazole rings is 1. The van der Waals surface area contributed by atoms with Crippen LogP contribution in [0.3, 0.4) is 0 Å². The van der Waals surface area contributed by atoms with E-state index in [0.29, 0.717) is 0 Å². The fourth-order valence-corrected chi connectivity index (χ4v) is 3.86. The summed E-state index contributed by atoms with van der Waals surface area (Å²) in [6, 6.07) is 20.9. The van der Waals surface area contributed by atoms with Crippen LogP contribution in [0.2, 0.25) is 0 Å². The molecule has 30 heavy (non-hydrogen) atoms. The van der Waals surface area contributed by atoms with Gasteiger partial charge in [0.05, 0.1) is 10.7 Å². The number of aryl methyl sites for hydroxylation is 3. The van der Waals surface area contributed by atoms with Crippen molar-refractivity contribution in [3.63, 3.8) is 0 Å². The smallest absolute Gasteiger partial charge is 0.0901 e. The first-order chi connectivity index (χ1) is 14.6. The largest absolute Gasteiger partial charge is 0.242 e. The molecule has 0 aliphatic heterocycles. The Morgan fingerprint density at radius 3 is 2.23 bits per heavy atom. The van der Waals surface area contributed by atoms with Gasteiger partial charge in [0.25, 0.3) is 0 Å². The van der Waals surface area contributed by atoms with Gasteiger partial charge < -0.3 is 0 Å². The van der Waals surface area contributed by atoms with Crippen LogP contribution in [-0.4, -0.2) is 4.98 Å². The maximum atomic E-state index is 4.69. The van der Waals surface area contributed by atoms with E-state index in [9.17, 15) is 0 Å². The summed E-state index contributed by atoms with van der Waals surface area (Å²) in [5.41, 5.74) is 11.0. The molecule has 0 spiro atoms. The lowest BCUT2D eigenvalue weighted by molar-refractivity contribution is 0.957. The maximum Gasteiger partial charge on any atom is 0.0901 e. The summed E-state index contributed by atoms with van der Waals surface area (Å²) in [4.78, 5) is 4.69. The number of benzene rings is 2. The number of hydrogen-bond donors (Lipinski definition) is 0. The predicted octanol–water partition coefficient (Wildman–Crippen LogP) is 8.14. The lowest BCUT2D eigenvalue weighted by Crippen LogP contribution is -1.96. The highest BCUT2D eigenvalue weighted by Crippen LogP contribution is 2.29. The minimum absolute atomic E-state index is 0. The molecule has 1 aliphatic rings. The summed E-state index contributed by atoms with van der Waals surface area (Å²) >= 11 is 1.71. The van der Waals surface area contributed by atoms with Crippen molar-refractivity contribution >= 4 is 16.9 Å². The topological polar surface area (TPSA) is 12.9 Å². The van der Waals surface area contributed by atoms with Gasteiger partial charge in [-0.25, -0.2) is 4.98 Å². The Morgan fingerprint density at radius 1 is 0.933 bits per heavy atom. The number of rotatable bonds is 4. The van der Waals surface area contributed by atoms with Crippen LogP contribution in [-0.2, 0) is 6.42 Å². The van der Waals surface area contributed by atoms with E-state index in [1.165, 1.54) is 27.8 Å². The fourth-order valence-electron chi connectivity index (χ4n) is 3.25. The summed E-state index contributed by atoms with van der Waals surface area (Å²) in [5, 5.41) is 3.27. The molecule has 0 bridgehead atoms. The third-order valence-electron chi connectivity index (χ3n) is 4.94. The SMILES string of the molecule is CC1=C=C/C=C(/c2csc(C)n2)C(CCc2ccccc2)=CC1.Cc1ccccc1.[HH]. The Morgan fingerprint density at radius 2 is 1.63 bits per heavy atom. The lowest BCUT2D eigenvalue weighted by atomic mass is 9.93. The van der Waals surface area contributed by atoms with E-state index in [1.54, 1.807) is 11.3 Å². The van der Waals surface area contributed by atoms with Crippen LogP contribution in [0.1, 0.15) is 43.0 Å². The highest BCUT2D eigenvalue weighted by atomic mass is 32.1. The molecule has 0 saturated heterocycles. The zero-order chi connectivity index (χ0) is 21.2. The number of nitrogens with zero attached hydrogens (tertiary/aromatic N) is 1. The molecule has 2 heteroatoms. The minimum Gasteiger partial charge on any atom is -0.242 e. The van der Waals surface area contributed by atoms with Crippen LogP contribution in [0.15, 0.2) is 101 Å². The standard InChI is InChI=1S/C21H21NS.C7H8.H2/c1-16-7-6-10-20(21-15-23-17(2)22-21)19(13-11-16)14-12-18-8-4-3-5-9-18;1-7-5-3-2-4-6-7;/h3-6,8-10,13,15H,11-12,14H2,1-2H3;2-6H,1H3;1H/b19-13?,20-10+;;. The second kappa shape index (κ2) is 11.3. The molecular weight excluding hydrogens is 382 g/mol. The summed E-state index contributed by atoms with van der Waals surface area (Å²) < 4.78 is 0. The number of allylic oxidation sites excluding steroid dienone is 5. The van der Waals surface area contributed by atoms with Gasteiger partial charge in [-0.3, -0.25) is 0 Å². The fraction of sp³-hybridized carbons (Fsp3) is 0.214. The predicted molar refractivity (Wildman–Crippen MR) is 133 cm³/mol. The molecule has 0 atom stereocenters. The third kappa shape index (κ3) is 6.84. The van der Waals surface area contributed by atoms with Crippen LogP contribution in [0.4, 0.5) is 0 Å². The van der Waals surface area contributed by atoms with Gasteiger partial charge >= 0.3 is 0 Å². The zero-order valence-corrected chi connectivity index (χ0v) is 18.9. The summed E-state index contributed by atoms with van der Waals surface area (Å²) in [6.45, 7) is 6.28. The molecule has 1 nitrogen and oxygen atoms in total. The molecule has 2 aromatic carbocycles. The molecule has 0 N–H and O–H groups in total. The molecule has 154 valence electrons. The van der Waals surface area contributed by atoms with Gasteiger partial charge in [-0.05, 0) is 68.9 Å². The Kier molecular flexibility index (Phi) is 8.20. The summed E-state index contributed by atoms with van der Waals surface area (Å²) in [6.07, 6.45) is 9.59. The van der Waals surface area contributed by atoms with E-state index in [-0.39, 0.29) is 1.43 Å². The molecule has 3 aromatic rings. The van der Waals surface area contributed by atoms with Crippen molar-refractivity contribution in [2.24, 2.45) is 0 Å². The average molecular weight is 414 g/mol. The molecule has 0 radical (unpaired) electrons. The normalized spacial score (nSPS) is 15.0. The number of hydrogen-bond acceptors (Lipinski definition) is 2. The molecule has 0 saturated carbocycles. The molecule has 1 aliphatic carbocycles. The minimum atomic E-state index is 0. The maximum absolute atomic E-state index is 4.69. The van der Waals surface area contributed by atoms with Crippen molar-refractivity contribution in [1.82, 2.24) is 4.98 Å². The van der Waals surface area contributed by atoms with Gasteiger partial charge in [-0.2, -0.15) is 0 Å². The van der Waals surface area contributed by atoms with Crippen molar-refractivity contribution in [2.45, 2.75) is 40.0 Å². The third-order valence-corrected chi connectivity index (χ3v) is 5.72. The van der Waals surface area contributed by atoms with Gasteiger partial charge in [-0.15, -0.1) is 17.1 Å². The van der Waals surface area contributed by atoms with Gasteiger partial charge in [0.15, 0.2) is 0 Å². The zero-order valence-electron chi connectivity index (χ0n) is 18.1. The molecule has 1 aromatic heterocycles. The highest BCUT2D eigenvalue weighted by Gasteiger charge is 2.12. The van der Waals surface area contributed by atoms with Crippen LogP contribution >= 0.6 is 11.3 Å². The summed E-state index contributed by atoms with van der Waals surface area (Å²) in [7, 11) is 0. The van der Waals surface area contributed by atoms with Crippen LogP contribution in [0, 0.1) is 13.8 Å². The van der Waals surface area contributed by atoms with Crippen molar-refractivity contribution in [3.05, 3.63) is 123 Å². The van der Waals surface area contributed by atoms with E-state index in [2.05, 4.69) is 91.5 Å². The molecule has 1 heterocycles. The van der Waals surface area contributed by atoms with Crippen molar-refractivity contribution in [1.29, 1.82) is 0 Å². The van der Waals surface area contributed by atoms with Gasteiger partial charge in [-0.1, -0.05) is 72.3 Å². The lowest BCUT2D eigenvalue weighted by Gasteiger charge is -2.12. The summed E-state index contributed by atoms with van der Waals surface area (Å²) in [5.74, 6) is 0. The van der Waals surface area contributed by atoms with Crippen LogP contribution in [0.25, 0.3) is 5.57 Å². The molecule has 4 rings (SSSR count). The van der Waals surface area contributed by atoms with E-state index in [0.717, 1.165) is 30.0 Å². The average Bonchev–Trinajstić information content (AvgIpc) is 3.18. The monoisotopic (exact) mass is 413 g/mol. The van der Waals surface area contributed by atoms with E-state index in [1.807, 2.05) is 24.3 Å². The Hall–Kier alpha value is -2.93. The molecule has 0 fully saturated rings. The first-order valence-electron chi connectivity index (χ1n) is 10.4. The molecule has 0 amide bonds. The number of aromatic nitrogens is 1. The van der Waals surface area contributed by atoms with Crippen LogP contribution < -0.4 is 0 Å². The molecular formula is C28H31NS. The van der Waals surface area contributed by atoms with E-state index < -0.39 is 0 Å². The molecule has 0 unspecified atom stereocenters. The Balaban J connectivity index is 0.000000364. The second-order valence-electron chi connectivity index (χ2n) is 7.50.